The lowest BCUT2D eigenvalue weighted by Crippen LogP contribution is -2.41. The summed E-state index contributed by atoms with van der Waals surface area (Å²) in [6, 6.07) is 5.92. The van der Waals surface area contributed by atoms with Gasteiger partial charge in [0, 0.05) is 4.47 Å². The molecule has 1 saturated heterocycles. The topological polar surface area (TPSA) is 18.5 Å². The molecule has 118 valence electrons. The Morgan fingerprint density at radius 1 is 1.23 bits per heavy atom. The van der Waals surface area contributed by atoms with Crippen molar-refractivity contribution in [2.45, 2.75) is 52.2 Å². The largest absolute Gasteiger partial charge is 0.525 e. The number of allylic oxidation sites excluding steroid dienone is 1. The molecule has 1 aromatic rings. The Balaban J connectivity index is 2.04. The van der Waals surface area contributed by atoms with Crippen molar-refractivity contribution in [1.82, 2.24) is 0 Å². The second-order valence-corrected chi connectivity index (χ2v) is 8.08. The zero-order valence-electron chi connectivity index (χ0n) is 13.7. The van der Waals surface area contributed by atoms with Gasteiger partial charge in [-0.1, -0.05) is 35.0 Å². The molecular formula is C17H21BBrFO2. The fraction of sp³-hybridized carbons (Fsp3) is 0.529. The number of halogens is 2. The van der Waals surface area contributed by atoms with Gasteiger partial charge in [0.25, 0.3) is 0 Å². The average Bonchev–Trinajstić information content (AvgIpc) is 2.84. The van der Waals surface area contributed by atoms with Gasteiger partial charge in [-0.3, -0.25) is 0 Å². The van der Waals surface area contributed by atoms with Crippen LogP contribution in [0.3, 0.4) is 0 Å². The highest BCUT2D eigenvalue weighted by atomic mass is 79.9. The summed E-state index contributed by atoms with van der Waals surface area (Å²) in [7, 11) is -0.924. The van der Waals surface area contributed by atoms with E-state index in [4.69, 9.17) is 9.31 Å². The van der Waals surface area contributed by atoms with E-state index in [0.717, 1.165) is 27.6 Å². The van der Waals surface area contributed by atoms with Crippen LogP contribution in [0, 0.1) is 5.92 Å². The highest BCUT2D eigenvalue weighted by molar-refractivity contribution is 9.10. The Kier molecular flexibility index (Phi) is 3.82. The maximum absolute atomic E-state index is 15.2. The van der Waals surface area contributed by atoms with Crippen LogP contribution >= 0.6 is 15.9 Å². The summed E-state index contributed by atoms with van der Waals surface area (Å²) in [6.07, 6.45) is 0.832. The molecule has 0 bridgehead atoms. The van der Waals surface area contributed by atoms with Crippen LogP contribution in [0.25, 0.3) is 5.57 Å². The van der Waals surface area contributed by atoms with E-state index in [-0.39, 0.29) is 11.6 Å². The summed E-state index contributed by atoms with van der Waals surface area (Å²) >= 11 is 3.56. The van der Waals surface area contributed by atoms with Gasteiger partial charge in [0.15, 0.2) is 0 Å². The third-order valence-corrected chi connectivity index (χ3v) is 5.87. The quantitative estimate of drug-likeness (QED) is 0.654. The van der Waals surface area contributed by atoms with Crippen molar-refractivity contribution in [3.63, 3.8) is 0 Å². The molecule has 5 heteroatoms. The molecule has 1 unspecified atom stereocenters. The Bertz CT molecular complexity index is 638. The summed E-state index contributed by atoms with van der Waals surface area (Å²) in [6.45, 7) is 9.80. The number of hydrogen-bond acceptors (Lipinski definition) is 2. The molecule has 0 amide bonds. The average molecular weight is 367 g/mol. The van der Waals surface area contributed by atoms with E-state index in [9.17, 15) is 0 Å². The molecule has 0 radical (unpaired) electrons. The first kappa shape index (κ1) is 16.2. The number of rotatable bonds is 1. The van der Waals surface area contributed by atoms with Crippen molar-refractivity contribution in [2.75, 3.05) is 0 Å². The van der Waals surface area contributed by atoms with E-state index in [0.29, 0.717) is 0 Å². The number of fused-ring (bicyclic) bond motifs is 1. The van der Waals surface area contributed by atoms with E-state index in [2.05, 4.69) is 15.9 Å². The lowest BCUT2D eigenvalue weighted by Gasteiger charge is -2.32. The van der Waals surface area contributed by atoms with Crippen LogP contribution in [-0.2, 0) is 15.7 Å². The molecule has 1 aromatic carbocycles. The van der Waals surface area contributed by atoms with E-state index >= 15 is 4.39 Å². The number of hydrogen-bond donors (Lipinski definition) is 0. The Labute approximate surface area is 140 Å². The second kappa shape index (κ2) is 5.18. The molecular weight excluding hydrogens is 346 g/mol. The molecule has 3 rings (SSSR count). The lowest BCUT2D eigenvalue weighted by molar-refractivity contribution is 0.00578. The van der Waals surface area contributed by atoms with E-state index in [1.165, 1.54) is 0 Å². The molecule has 2 nitrogen and oxygen atoms in total. The molecule has 1 aliphatic carbocycles. The van der Waals surface area contributed by atoms with Gasteiger partial charge >= 0.3 is 7.12 Å². The number of benzene rings is 1. The summed E-state index contributed by atoms with van der Waals surface area (Å²) in [5.74, 6) is 0.118. The van der Waals surface area contributed by atoms with Gasteiger partial charge < -0.3 is 9.31 Å². The summed E-state index contributed by atoms with van der Waals surface area (Å²) in [5, 5.41) is 0. The van der Waals surface area contributed by atoms with Crippen molar-refractivity contribution < 1.29 is 13.7 Å². The molecule has 1 heterocycles. The van der Waals surface area contributed by atoms with Gasteiger partial charge in [-0.05, 0) is 62.8 Å². The first-order chi connectivity index (χ1) is 10.1. The first-order valence-corrected chi connectivity index (χ1v) is 8.46. The fourth-order valence-electron chi connectivity index (χ4n) is 3.13. The smallest absolute Gasteiger partial charge is 0.398 e. The van der Waals surface area contributed by atoms with Crippen LogP contribution in [0.15, 0.2) is 28.4 Å². The fourth-order valence-corrected chi connectivity index (χ4v) is 3.66. The molecule has 0 saturated carbocycles. The third-order valence-electron chi connectivity index (χ3n) is 5.13. The van der Waals surface area contributed by atoms with Crippen molar-refractivity contribution in [1.29, 1.82) is 0 Å². The van der Waals surface area contributed by atoms with Gasteiger partial charge in [0.05, 0.1) is 11.2 Å². The summed E-state index contributed by atoms with van der Waals surface area (Å²) in [5.41, 5.74) is 1.50. The van der Waals surface area contributed by atoms with Crippen LogP contribution in [-0.4, -0.2) is 18.3 Å². The molecule has 0 spiro atoms. The van der Waals surface area contributed by atoms with Gasteiger partial charge in [-0.25, -0.2) is 4.39 Å². The van der Waals surface area contributed by atoms with Crippen LogP contribution in [0.4, 0.5) is 4.39 Å². The predicted molar refractivity (Wildman–Crippen MR) is 91.1 cm³/mol. The second-order valence-electron chi connectivity index (χ2n) is 7.22. The van der Waals surface area contributed by atoms with Crippen molar-refractivity contribution in [2.24, 2.45) is 5.92 Å². The molecule has 2 aliphatic rings. The van der Waals surface area contributed by atoms with E-state index in [1.807, 2.05) is 52.8 Å². The normalized spacial score (nSPS) is 28.0. The minimum Gasteiger partial charge on any atom is -0.398 e. The summed E-state index contributed by atoms with van der Waals surface area (Å²) < 4.78 is 27.9. The van der Waals surface area contributed by atoms with Gasteiger partial charge in [-0.2, -0.15) is 0 Å². The summed E-state index contributed by atoms with van der Waals surface area (Å²) in [4.78, 5) is 0. The molecule has 0 aromatic heterocycles. The Morgan fingerprint density at radius 2 is 1.82 bits per heavy atom. The van der Waals surface area contributed by atoms with Crippen LogP contribution < -0.4 is 0 Å². The highest BCUT2D eigenvalue weighted by Crippen LogP contribution is 2.46. The highest BCUT2D eigenvalue weighted by Gasteiger charge is 2.54. The zero-order chi connectivity index (χ0) is 16.3. The first-order valence-electron chi connectivity index (χ1n) is 7.67. The minimum atomic E-state index is -0.924. The van der Waals surface area contributed by atoms with Gasteiger partial charge in [0.2, 0.25) is 0 Å². The van der Waals surface area contributed by atoms with E-state index < -0.39 is 18.3 Å². The van der Waals surface area contributed by atoms with Crippen LogP contribution in [0.2, 0.25) is 0 Å². The zero-order valence-corrected chi connectivity index (χ0v) is 15.3. The van der Waals surface area contributed by atoms with Gasteiger partial charge in [0.1, 0.15) is 5.73 Å². The maximum atomic E-state index is 15.2. The molecule has 0 N–H and O–H groups in total. The van der Waals surface area contributed by atoms with Crippen molar-refractivity contribution in [3.05, 3.63) is 39.5 Å². The molecule has 1 aliphatic heterocycles. The minimum absolute atomic E-state index is 0.118. The maximum Gasteiger partial charge on any atom is 0.525 e. The van der Waals surface area contributed by atoms with Crippen molar-refractivity contribution >= 4 is 28.6 Å². The molecule has 1 fully saturated rings. The lowest BCUT2D eigenvalue weighted by atomic mass is 9.81. The molecule has 1 atom stereocenters. The van der Waals surface area contributed by atoms with Crippen LogP contribution in [0.1, 0.15) is 45.7 Å². The van der Waals surface area contributed by atoms with Gasteiger partial charge in [-0.15, -0.1) is 0 Å². The van der Waals surface area contributed by atoms with Crippen LogP contribution in [0.5, 0.6) is 0 Å². The molecule has 22 heavy (non-hydrogen) atoms. The predicted octanol–water partition coefficient (Wildman–Crippen LogP) is 4.95. The SMILES string of the molecule is CC1Cc2c(Br)cccc2C1=C(F)B1OC(C)(C)C(C)(C)O1. The Morgan fingerprint density at radius 3 is 2.41 bits per heavy atom. The van der Waals surface area contributed by atoms with E-state index in [1.54, 1.807) is 0 Å². The third kappa shape index (κ3) is 2.38. The standard InChI is InChI=1S/C17H21BBrFO2/c1-10-9-12-11(7-6-8-13(12)19)14(10)15(20)18-21-16(2,3)17(4,5)22-18/h6-8,10H,9H2,1-5H3. The monoisotopic (exact) mass is 366 g/mol. The Hall–Kier alpha value is -0.645. The van der Waals surface area contributed by atoms with Crippen molar-refractivity contribution in [3.8, 4) is 0 Å².